The molecule has 0 atom stereocenters. The molecule has 0 amide bonds. The van der Waals surface area contributed by atoms with E-state index >= 15 is 0 Å². The highest BCUT2D eigenvalue weighted by molar-refractivity contribution is 5.87. The van der Waals surface area contributed by atoms with Crippen LogP contribution in [0.1, 0.15) is 18.1 Å². The maximum absolute atomic E-state index is 5.82. The molecule has 1 aromatic heterocycles. The molecule has 0 aliphatic heterocycles. The van der Waals surface area contributed by atoms with Gasteiger partial charge >= 0.3 is 0 Å². The lowest BCUT2D eigenvalue weighted by Crippen LogP contribution is -2.80. The summed E-state index contributed by atoms with van der Waals surface area (Å²) >= 11 is 0. The topological polar surface area (TPSA) is 38.7 Å². The number of nitrogens with two attached hydrogens (primary N) is 1. The number of pyridine rings is 1. The number of quaternary nitrogens is 1. The third-order valence-electron chi connectivity index (χ3n) is 3.75. The second kappa shape index (κ2) is 7.05. The first kappa shape index (κ1) is 14.5. The minimum atomic E-state index is 0.688. The van der Waals surface area contributed by atoms with E-state index in [1.165, 1.54) is 21.9 Å². The molecule has 0 radical (unpaired) electrons. The number of rotatable bonds is 6. The van der Waals surface area contributed by atoms with Crippen LogP contribution in [-0.2, 0) is 13.1 Å². The summed E-state index contributed by atoms with van der Waals surface area (Å²) in [5.41, 5.74) is 2.50. The van der Waals surface area contributed by atoms with Gasteiger partial charge < -0.3 is 10.1 Å². The molecule has 0 saturated heterocycles. The summed E-state index contributed by atoms with van der Waals surface area (Å²) in [6.45, 7) is 4.53. The molecule has 0 saturated carbocycles. The number of hydrogen-bond acceptors (Lipinski definition) is 2. The number of benzene rings is 2. The maximum atomic E-state index is 5.82. The second-order valence-electron chi connectivity index (χ2n) is 5.25. The fourth-order valence-corrected chi connectivity index (χ4v) is 2.72. The molecular weight excluding hydrogens is 272 g/mol. The molecule has 1 heterocycles. The van der Waals surface area contributed by atoms with Crippen molar-refractivity contribution in [3.8, 4) is 5.75 Å². The molecule has 0 bridgehead atoms. The zero-order valence-electron chi connectivity index (χ0n) is 12.8. The van der Waals surface area contributed by atoms with E-state index in [4.69, 9.17) is 4.74 Å². The van der Waals surface area contributed by atoms with E-state index in [9.17, 15) is 0 Å². The van der Waals surface area contributed by atoms with Crippen molar-refractivity contribution in [1.29, 1.82) is 0 Å². The van der Waals surface area contributed by atoms with Crippen molar-refractivity contribution < 1.29 is 10.1 Å². The van der Waals surface area contributed by atoms with Crippen LogP contribution in [0.5, 0.6) is 5.75 Å². The lowest BCUT2D eigenvalue weighted by molar-refractivity contribution is -0.686. The fraction of sp³-hybridized carbons (Fsp3) is 0.211. The zero-order valence-corrected chi connectivity index (χ0v) is 12.8. The third-order valence-corrected chi connectivity index (χ3v) is 3.75. The fourth-order valence-electron chi connectivity index (χ4n) is 2.72. The molecule has 0 aliphatic rings. The summed E-state index contributed by atoms with van der Waals surface area (Å²) in [7, 11) is 0. The van der Waals surface area contributed by atoms with E-state index in [0.29, 0.717) is 6.61 Å². The van der Waals surface area contributed by atoms with E-state index in [2.05, 4.69) is 52.8 Å². The first-order valence-corrected chi connectivity index (χ1v) is 7.72. The van der Waals surface area contributed by atoms with Gasteiger partial charge in [-0.25, -0.2) is 0 Å². The summed E-state index contributed by atoms with van der Waals surface area (Å²) in [6.07, 6.45) is 3.73. The largest absolute Gasteiger partial charge is 0.493 e. The molecule has 0 aliphatic carbocycles. The Labute approximate surface area is 131 Å². The Balaban J connectivity index is 1.82. The summed E-state index contributed by atoms with van der Waals surface area (Å²) in [5, 5.41) is 4.83. The van der Waals surface area contributed by atoms with Crippen molar-refractivity contribution in [1.82, 2.24) is 4.98 Å². The van der Waals surface area contributed by atoms with E-state index in [0.717, 1.165) is 18.8 Å². The highest BCUT2D eigenvalue weighted by atomic mass is 16.5. The summed E-state index contributed by atoms with van der Waals surface area (Å²) in [6, 6.07) is 16.8. The molecule has 22 heavy (non-hydrogen) atoms. The molecule has 0 spiro atoms. The first-order valence-electron chi connectivity index (χ1n) is 7.72. The highest BCUT2D eigenvalue weighted by Crippen LogP contribution is 2.27. The molecule has 2 N–H and O–H groups in total. The number of aromatic nitrogens is 1. The van der Waals surface area contributed by atoms with E-state index in [1.54, 1.807) is 6.20 Å². The number of nitrogens with zero attached hydrogens (tertiary/aromatic N) is 1. The van der Waals surface area contributed by atoms with E-state index < -0.39 is 0 Å². The van der Waals surface area contributed by atoms with Crippen LogP contribution in [0.3, 0.4) is 0 Å². The Morgan fingerprint density at radius 1 is 1.00 bits per heavy atom. The van der Waals surface area contributed by atoms with E-state index in [1.807, 2.05) is 19.2 Å². The van der Waals surface area contributed by atoms with E-state index in [-0.39, 0.29) is 0 Å². The third kappa shape index (κ3) is 3.26. The quantitative estimate of drug-likeness (QED) is 0.759. The van der Waals surface area contributed by atoms with Gasteiger partial charge in [-0.1, -0.05) is 36.4 Å². The smallest absolute Gasteiger partial charge is 0.128 e. The van der Waals surface area contributed by atoms with Gasteiger partial charge in [-0.2, -0.15) is 0 Å². The monoisotopic (exact) mass is 293 g/mol. The van der Waals surface area contributed by atoms with Crippen molar-refractivity contribution in [2.75, 3.05) is 6.61 Å². The van der Waals surface area contributed by atoms with Gasteiger partial charge in [-0.05, 0) is 29.8 Å². The van der Waals surface area contributed by atoms with Gasteiger partial charge in [0.2, 0.25) is 0 Å². The zero-order chi connectivity index (χ0) is 15.2. The van der Waals surface area contributed by atoms with Crippen molar-refractivity contribution in [2.24, 2.45) is 0 Å². The van der Waals surface area contributed by atoms with Gasteiger partial charge in [-0.3, -0.25) is 4.98 Å². The summed E-state index contributed by atoms with van der Waals surface area (Å²) < 4.78 is 5.82. The Bertz CT molecular complexity index is 741. The van der Waals surface area contributed by atoms with Crippen LogP contribution in [0.25, 0.3) is 10.8 Å². The van der Waals surface area contributed by atoms with Gasteiger partial charge in [0, 0.05) is 18.0 Å². The Hall–Kier alpha value is -2.39. The van der Waals surface area contributed by atoms with Crippen molar-refractivity contribution in [3.63, 3.8) is 0 Å². The molecule has 3 heteroatoms. The maximum Gasteiger partial charge on any atom is 0.128 e. The van der Waals surface area contributed by atoms with Crippen molar-refractivity contribution in [2.45, 2.75) is 20.0 Å². The molecule has 3 rings (SSSR count). The van der Waals surface area contributed by atoms with Gasteiger partial charge in [-0.15, -0.1) is 0 Å². The predicted octanol–water partition coefficient (Wildman–Crippen LogP) is 2.90. The van der Waals surface area contributed by atoms with Crippen LogP contribution in [0.4, 0.5) is 0 Å². The average molecular weight is 293 g/mol. The molecular formula is C19H21N2O+. The van der Waals surface area contributed by atoms with Crippen LogP contribution in [0, 0.1) is 0 Å². The Kier molecular flexibility index (Phi) is 4.66. The standard InChI is InChI=1S/C19H20N2O/c1-2-22-19-10-9-16-7-3-4-8-17(16)18(19)14-21-13-15-6-5-11-20-12-15/h3-12,21H,2,13-14H2,1H3/p+1. The number of ether oxygens (including phenoxy) is 1. The lowest BCUT2D eigenvalue weighted by atomic mass is 10.0. The molecule has 112 valence electrons. The van der Waals surface area contributed by atoms with Gasteiger partial charge in [0.15, 0.2) is 0 Å². The highest BCUT2D eigenvalue weighted by Gasteiger charge is 2.10. The minimum absolute atomic E-state index is 0.688. The van der Waals surface area contributed by atoms with Crippen LogP contribution >= 0.6 is 0 Å². The molecule has 3 aromatic rings. The van der Waals surface area contributed by atoms with Gasteiger partial charge in [0.25, 0.3) is 0 Å². The average Bonchev–Trinajstić information content (AvgIpc) is 2.57. The number of fused-ring (bicyclic) bond motifs is 1. The van der Waals surface area contributed by atoms with Crippen molar-refractivity contribution in [3.05, 3.63) is 72.1 Å². The Morgan fingerprint density at radius 2 is 1.91 bits per heavy atom. The van der Waals surface area contributed by atoms with Crippen LogP contribution in [-0.4, -0.2) is 11.6 Å². The molecule has 3 nitrogen and oxygen atoms in total. The Morgan fingerprint density at radius 3 is 2.73 bits per heavy atom. The van der Waals surface area contributed by atoms with Crippen LogP contribution in [0.15, 0.2) is 60.9 Å². The second-order valence-corrected chi connectivity index (χ2v) is 5.25. The normalized spacial score (nSPS) is 10.8. The molecule has 2 aromatic carbocycles. The van der Waals surface area contributed by atoms with Crippen LogP contribution < -0.4 is 10.1 Å². The lowest BCUT2D eigenvalue weighted by Gasteiger charge is -2.12. The first-order chi connectivity index (χ1) is 10.9. The molecule has 0 unspecified atom stereocenters. The minimum Gasteiger partial charge on any atom is -0.493 e. The van der Waals surface area contributed by atoms with Crippen LogP contribution in [0.2, 0.25) is 0 Å². The van der Waals surface area contributed by atoms with Gasteiger partial charge in [0.05, 0.1) is 12.2 Å². The SMILES string of the molecule is CCOc1ccc2ccccc2c1C[NH2+]Cc1cccnc1. The number of hydrogen-bond donors (Lipinski definition) is 1. The predicted molar refractivity (Wildman–Crippen MR) is 88.7 cm³/mol. The molecule has 0 fully saturated rings. The van der Waals surface area contributed by atoms with Crippen molar-refractivity contribution >= 4 is 10.8 Å². The van der Waals surface area contributed by atoms with Gasteiger partial charge in [0.1, 0.15) is 18.8 Å². The summed E-state index contributed by atoms with van der Waals surface area (Å²) in [5.74, 6) is 0.989. The summed E-state index contributed by atoms with van der Waals surface area (Å²) in [4.78, 5) is 4.16.